The minimum Gasteiger partial charge on any atom is -0.492 e. The summed E-state index contributed by atoms with van der Waals surface area (Å²) in [7, 11) is 0. The normalized spacial score (nSPS) is 14.0. The molecule has 4 rings (SSSR count). The van der Waals surface area contributed by atoms with Crippen LogP contribution in [-0.4, -0.2) is 48.3 Å². The van der Waals surface area contributed by atoms with Crippen molar-refractivity contribution in [1.82, 2.24) is 4.90 Å². The third kappa shape index (κ3) is 7.78. The summed E-state index contributed by atoms with van der Waals surface area (Å²) < 4.78 is 17.6. The number of carbonyl (C=O) groups is 3. The van der Waals surface area contributed by atoms with Crippen molar-refractivity contribution in [1.29, 1.82) is 0 Å². The van der Waals surface area contributed by atoms with Gasteiger partial charge in [0.2, 0.25) is 0 Å². The molecule has 0 radical (unpaired) electrons. The number of carbonyl (C=O) groups excluding carboxylic acids is 3. The maximum absolute atomic E-state index is 12.9. The highest BCUT2D eigenvalue weighted by Crippen LogP contribution is 2.39. The first kappa shape index (κ1) is 28.5. The maximum atomic E-state index is 12.9. The van der Waals surface area contributed by atoms with E-state index in [1.165, 1.54) is 0 Å². The number of anilines is 1. The number of para-hydroxylation sites is 1. The van der Waals surface area contributed by atoms with Crippen molar-refractivity contribution in [2.75, 3.05) is 31.7 Å². The first-order valence-electron chi connectivity index (χ1n) is 11.9. The lowest BCUT2D eigenvalue weighted by Gasteiger charge is -2.15. The smallest absolute Gasteiger partial charge is 0.293 e. The van der Waals surface area contributed by atoms with Gasteiger partial charge in [-0.3, -0.25) is 19.3 Å². The molecule has 1 aliphatic rings. The molecule has 202 valence electrons. The first-order chi connectivity index (χ1) is 18.8. The standard InChI is InChI=1S/C28H24BrClN2O6S/c1-2-36-23-15-18(14-22(29)26(23)38-17-25(33)31-20-6-4-3-5-7-20)16-24-27(34)32(28(35)39-24)12-13-37-21-10-8-19(30)9-11-21/h3-11,14-16H,2,12-13,17H2,1H3,(H,31,33)/b24-16-. The molecular weight excluding hydrogens is 608 g/mol. The molecule has 0 atom stereocenters. The Morgan fingerprint density at radius 3 is 2.51 bits per heavy atom. The van der Waals surface area contributed by atoms with Crippen LogP contribution in [0.15, 0.2) is 76.1 Å². The fraction of sp³-hybridized carbons (Fsp3) is 0.179. The van der Waals surface area contributed by atoms with Crippen molar-refractivity contribution in [3.63, 3.8) is 0 Å². The Balaban J connectivity index is 1.41. The van der Waals surface area contributed by atoms with Crippen molar-refractivity contribution in [2.24, 2.45) is 0 Å². The molecule has 3 aromatic rings. The molecule has 1 fully saturated rings. The van der Waals surface area contributed by atoms with Crippen molar-refractivity contribution >= 4 is 68.1 Å². The molecule has 0 saturated carbocycles. The topological polar surface area (TPSA) is 94.2 Å². The lowest BCUT2D eigenvalue weighted by molar-refractivity contribution is -0.123. The van der Waals surface area contributed by atoms with Gasteiger partial charge in [0.1, 0.15) is 12.4 Å². The molecule has 8 nitrogen and oxygen atoms in total. The number of benzene rings is 3. The number of ether oxygens (including phenoxy) is 3. The van der Waals surface area contributed by atoms with Crippen molar-refractivity contribution < 1.29 is 28.6 Å². The van der Waals surface area contributed by atoms with Crippen LogP contribution >= 0.6 is 39.3 Å². The van der Waals surface area contributed by atoms with Gasteiger partial charge in [-0.05, 0) is 94.8 Å². The molecule has 0 bridgehead atoms. The monoisotopic (exact) mass is 630 g/mol. The lowest BCUT2D eigenvalue weighted by atomic mass is 10.2. The van der Waals surface area contributed by atoms with Gasteiger partial charge in [0, 0.05) is 10.7 Å². The number of hydrogen-bond donors (Lipinski definition) is 1. The highest BCUT2D eigenvalue weighted by molar-refractivity contribution is 9.10. The molecule has 11 heteroatoms. The van der Waals surface area contributed by atoms with E-state index in [1.54, 1.807) is 54.6 Å². The summed E-state index contributed by atoms with van der Waals surface area (Å²) in [5.41, 5.74) is 1.28. The fourth-order valence-corrected chi connectivity index (χ4v) is 5.13. The largest absolute Gasteiger partial charge is 0.492 e. The van der Waals surface area contributed by atoms with Crippen LogP contribution in [-0.2, 0) is 9.59 Å². The number of imide groups is 1. The number of halogens is 2. The zero-order chi connectivity index (χ0) is 27.8. The molecule has 1 heterocycles. The Kier molecular flexibility index (Phi) is 9.91. The third-order valence-electron chi connectivity index (χ3n) is 5.31. The minimum atomic E-state index is -0.406. The molecule has 1 aliphatic heterocycles. The van der Waals surface area contributed by atoms with E-state index in [1.807, 2.05) is 25.1 Å². The second kappa shape index (κ2) is 13.5. The molecule has 1 N–H and O–H groups in total. The highest BCUT2D eigenvalue weighted by Gasteiger charge is 2.35. The number of rotatable bonds is 11. The number of hydrogen-bond acceptors (Lipinski definition) is 7. The summed E-state index contributed by atoms with van der Waals surface area (Å²) in [5.74, 6) is 0.603. The van der Waals surface area contributed by atoms with E-state index in [2.05, 4.69) is 21.2 Å². The van der Waals surface area contributed by atoms with Gasteiger partial charge in [-0.15, -0.1) is 0 Å². The van der Waals surface area contributed by atoms with E-state index in [-0.39, 0.29) is 35.8 Å². The van der Waals surface area contributed by atoms with Gasteiger partial charge in [0.05, 0.1) is 22.5 Å². The lowest BCUT2D eigenvalue weighted by Crippen LogP contribution is -2.32. The maximum Gasteiger partial charge on any atom is 0.293 e. The molecule has 39 heavy (non-hydrogen) atoms. The van der Waals surface area contributed by atoms with E-state index in [4.69, 9.17) is 25.8 Å². The van der Waals surface area contributed by atoms with Crippen LogP contribution in [0.1, 0.15) is 12.5 Å². The van der Waals surface area contributed by atoms with Crippen LogP contribution in [0.25, 0.3) is 6.08 Å². The predicted octanol–water partition coefficient (Wildman–Crippen LogP) is 6.63. The SMILES string of the molecule is CCOc1cc(/C=C2\SC(=O)N(CCOc3ccc(Cl)cc3)C2=O)cc(Br)c1OCC(=O)Nc1ccccc1. The third-order valence-corrected chi connectivity index (χ3v) is 7.05. The van der Waals surface area contributed by atoms with E-state index in [0.717, 1.165) is 16.7 Å². The molecule has 0 unspecified atom stereocenters. The summed E-state index contributed by atoms with van der Waals surface area (Å²) in [6.45, 7) is 2.20. The first-order valence-corrected chi connectivity index (χ1v) is 13.9. The summed E-state index contributed by atoms with van der Waals surface area (Å²) in [6.07, 6.45) is 1.62. The van der Waals surface area contributed by atoms with Gasteiger partial charge >= 0.3 is 0 Å². The van der Waals surface area contributed by atoms with Gasteiger partial charge in [-0.2, -0.15) is 0 Å². The second-order valence-corrected chi connectivity index (χ2v) is 10.4. The highest BCUT2D eigenvalue weighted by atomic mass is 79.9. The minimum absolute atomic E-state index is 0.107. The Labute approximate surface area is 243 Å². The van der Waals surface area contributed by atoms with E-state index < -0.39 is 5.91 Å². The summed E-state index contributed by atoms with van der Waals surface area (Å²) in [5, 5.41) is 2.97. The average Bonchev–Trinajstić information content (AvgIpc) is 3.17. The fourth-order valence-electron chi connectivity index (χ4n) is 3.56. The molecule has 3 aromatic carbocycles. The van der Waals surface area contributed by atoms with E-state index in [0.29, 0.717) is 44.6 Å². The second-order valence-electron chi connectivity index (χ2n) is 8.10. The molecule has 0 spiro atoms. The van der Waals surface area contributed by atoms with E-state index in [9.17, 15) is 14.4 Å². The van der Waals surface area contributed by atoms with Gasteiger partial charge < -0.3 is 19.5 Å². The van der Waals surface area contributed by atoms with Crippen LogP contribution in [0, 0.1) is 0 Å². The number of nitrogens with zero attached hydrogens (tertiary/aromatic N) is 1. The summed E-state index contributed by atoms with van der Waals surface area (Å²) in [4.78, 5) is 39.2. The molecule has 0 aromatic heterocycles. The predicted molar refractivity (Wildman–Crippen MR) is 156 cm³/mol. The molecule has 0 aliphatic carbocycles. The Hall–Kier alpha value is -3.47. The van der Waals surface area contributed by atoms with Crippen molar-refractivity contribution in [3.8, 4) is 17.2 Å². The van der Waals surface area contributed by atoms with Crippen LogP contribution < -0.4 is 19.5 Å². The van der Waals surface area contributed by atoms with E-state index >= 15 is 0 Å². The number of amides is 3. The summed E-state index contributed by atoms with van der Waals surface area (Å²) >= 11 is 10.2. The zero-order valence-corrected chi connectivity index (χ0v) is 24.0. The zero-order valence-electron chi connectivity index (χ0n) is 20.8. The Bertz CT molecular complexity index is 1380. The van der Waals surface area contributed by atoms with Crippen LogP contribution in [0.2, 0.25) is 5.02 Å². The van der Waals surface area contributed by atoms with Crippen molar-refractivity contribution in [2.45, 2.75) is 6.92 Å². The number of nitrogens with one attached hydrogen (secondary N) is 1. The quantitative estimate of drug-likeness (QED) is 0.237. The van der Waals surface area contributed by atoms with Crippen LogP contribution in [0.3, 0.4) is 0 Å². The molecular formula is C28H24BrClN2O6S. The Morgan fingerprint density at radius 2 is 1.79 bits per heavy atom. The van der Waals surface area contributed by atoms with Crippen LogP contribution in [0.5, 0.6) is 17.2 Å². The van der Waals surface area contributed by atoms with Gasteiger partial charge in [0.25, 0.3) is 17.1 Å². The van der Waals surface area contributed by atoms with Crippen molar-refractivity contribution in [3.05, 3.63) is 86.7 Å². The molecule has 1 saturated heterocycles. The number of thioether (sulfide) groups is 1. The van der Waals surface area contributed by atoms with Crippen LogP contribution in [0.4, 0.5) is 10.5 Å². The molecule has 3 amide bonds. The van der Waals surface area contributed by atoms with Gasteiger partial charge in [-0.1, -0.05) is 29.8 Å². The van der Waals surface area contributed by atoms with Gasteiger partial charge in [-0.25, -0.2) is 0 Å². The van der Waals surface area contributed by atoms with Gasteiger partial charge in [0.15, 0.2) is 18.1 Å². The Morgan fingerprint density at radius 1 is 1.05 bits per heavy atom. The summed E-state index contributed by atoms with van der Waals surface area (Å²) in [6, 6.07) is 19.3. The average molecular weight is 632 g/mol.